The number of hydrogen-bond acceptors (Lipinski definition) is 2. The van der Waals surface area contributed by atoms with Gasteiger partial charge in [-0.05, 0) is 31.0 Å². The molecule has 0 N–H and O–H groups in total. The van der Waals surface area contributed by atoms with Crippen LogP contribution >= 0.6 is 0 Å². The molecule has 1 amide bonds. The first-order valence-electron chi connectivity index (χ1n) is 7.06. The second kappa shape index (κ2) is 3.33. The van der Waals surface area contributed by atoms with Crippen LogP contribution in [0.1, 0.15) is 42.6 Å². The van der Waals surface area contributed by atoms with Gasteiger partial charge in [-0.2, -0.15) is 0 Å². The van der Waals surface area contributed by atoms with E-state index in [0.717, 1.165) is 24.4 Å². The van der Waals surface area contributed by atoms with Crippen LogP contribution in [0.4, 0.5) is 0 Å². The van der Waals surface area contributed by atoms with Crippen LogP contribution in [0, 0.1) is 5.41 Å². The van der Waals surface area contributed by atoms with E-state index in [0.29, 0.717) is 12.0 Å². The first-order valence-corrected chi connectivity index (χ1v) is 7.06. The molecule has 0 unspecified atom stereocenters. The SMILES string of the molecule is CC1(C)COc2ccc(C(=O)N3CC4(CC4)C3)cc21. The van der Waals surface area contributed by atoms with E-state index in [1.807, 2.05) is 23.1 Å². The van der Waals surface area contributed by atoms with Gasteiger partial charge >= 0.3 is 0 Å². The van der Waals surface area contributed by atoms with Crippen LogP contribution in [0.15, 0.2) is 18.2 Å². The number of amides is 1. The highest BCUT2D eigenvalue weighted by molar-refractivity contribution is 5.95. The summed E-state index contributed by atoms with van der Waals surface area (Å²) in [7, 11) is 0. The average Bonchev–Trinajstić information content (AvgIpc) is 3.09. The number of rotatable bonds is 1. The highest BCUT2D eigenvalue weighted by Gasteiger charge is 2.53. The predicted molar refractivity (Wildman–Crippen MR) is 72.5 cm³/mol. The highest BCUT2D eigenvalue weighted by Crippen LogP contribution is 2.53. The largest absolute Gasteiger partial charge is 0.492 e. The van der Waals surface area contributed by atoms with Gasteiger partial charge in [0.1, 0.15) is 5.75 Å². The lowest BCUT2D eigenvalue weighted by Crippen LogP contribution is -2.51. The molecule has 3 nitrogen and oxygen atoms in total. The summed E-state index contributed by atoms with van der Waals surface area (Å²) in [6, 6.07) is 5.88. The summed E-state index contributed by atoms with van der Waals surface area (Å²) in [5.74, 6) is 1.12. The molecule has 2 heterocycles. The standard InChI is InChI=1S/C16H19NO2/c1-15(2)10-19-13-4-3-11(7-12(13)15)14(18)17-8-16(9-17)5-6-16/h3-4,7H,5-6,8-10H2,1-2H3. The van der Waals surface area contributed by atoms with E-state index in [2.05, 4.69) is 13.8 Å². The number of nitrogens with zero attached hydrogens (tertiary/aromatic N) is 1. The van der Waals surface area contributed by atoms with Crippen LogP contribution in [0.3, 0.4) is 0 Å². The first-order chi connectivity index (χ1) is 8.99. The summed E-state index contributed by atoms with van der Waals surface area (Å²) in [6.45, 7) is 6.95. The van der Waals surface area contributed by atoms with Crippen molar-refractivity contribution in [3.63, 3.8) is 0 Å². The Hall–Kier alpha value is -1.51. The molecule has 2 fully saturated rings. The molecule has 4 rings (SSSR count). The molecule has 0 atom stereocenters. The van der Waals surface area contributed by atoms with Crippen molar-refractivity contribution in [1.29, 1.82) is 0 Å². The van der Waals surface area contributed by atoms with Crippen LogP contribution in [-0.4, -0.2) is 30.5 Å². The molecule has 0 radical (unpaired) electrons. The van der Waals surface area contributed by atoms with Crippen molar-refractivity contribution in [2.45, 2.75) is 32.1 Å². The minimum absolute atomic E-state index is 0.0122. The van der Waals surface area contributed by atoms with Crippen molar-refractivity contribution in [2.75, 3.05) is 19.7 Å². The number of likely N-dealkylation sites (tertiary alicyclic amines) is 1. The van der Waals surface area contributed by atoms with Crippen molar-refractivity contribution in [2.24, 2.45) is 5.41 Å². The Morgan fingerprint density at radius 1 is 1.26 bits per heavy atom. The molecule has 0 aromatic heterocycles. The Morgan fingerprint density at radius 3 is 2.68 bits per heavy atom. The van der Waals surface area contributed by atoms with Crippen LogP contribution in [0.2, 0.25) is 0 Å². The lowest BCUT2D eigenvalue weighted by molar-refractivity contribution is 0.0443. The zero-order chi connectivity index (χ0) is 13.3. The fourth-order valence-corrected chi connectivity index (χ4v) is 3.24. The molecule has 1 saturated heterocycles. The minimum atomic E-state index is 0.0122. The van der Waals surface area contributed by atoms with Gasteiger partial charge in [0.05, 0.1) is 6.61 Å². The van der Waals surface area contributed by atoms with Gasteiger partial charge in [0.15, 0.2) is 0 Å². The molecule has 3 aliphatic rings. The van der Waals surface area contributed by atoms with Gasteiger partial charge in [-0.15, -0.1) is 0 Å². The van der Waals surface area contributed by atoms with E-state index in [1.165, 1.54) is 18.4 Å². The molecule has 19 heavy (non-hydrogen) atoms. The lowest BCUT2D eigenvalue weighted by atomic mass is 9.86. The van der Waals surface area contributed by atoms with Gasteiger partial charge in [-0.3, -0.25) is 4.79 Å². The van der Waals surface area contributed by atoms with Crippen molar-refractivity contribution in [1.82, 2.24) is 4.90 Å². The van der Waals surface area contributed by atoms with Gasteiger partial charge in [-0.25, -0.2) is 0 Å². The molecular weight excluding hydrogens is 238 g/mol. The van der Waals surface area contributed by atoms with Crippen LogP contribution in [-0.2, 0) is 5.41 Å². The van der Waals surface area contributed by atoms with Gasteiger partial charge < -0.3 is 9.64 Å². The van der Waals surface area contributed by atoms with Gasteiger partial charge in [-0.1, -0.05) is 13.8 Å². The molecule has 100 valence electrons. The maximum Gasteiger partial charge on any atom is 0.253 e. The van der Waals surface area contributed by atoms with Gasteiger partial charge in [0.25, 0.3) is 5.91 Å². The second-order valence-corrected chi connectivity index (χ2v) is 7.04. The summed E-state index contributed by atoms with van der Waals surface area (Å²) in [4.78, 5) is 14.4. The number of carbonyl (C=O) groups excluding carboxylic acids is 1. The second-order valence-electron chi connectivity index (χ2n) is 7.04. The van der Waals surface area contributed by atoms with Crippen LogP contribution in [0.25, 0.3) is 0 Å². The van der Waals surface area contributed by atoms with Crippen molar-refractivity contribution >= 4 is 5.91 Å². The molecule has 1 spiro atoms. The summed E-state index contributed by atoms with van der Waals surface area (Å²) < 4.78 is 5.67. The summed E-state index contributed by atoms with van der Waals surface area (Å²) >= 11 is 0. The number of fused-ring (bicyclic) bond motifs is 1. The molecular formula is C16H19NO2. The third-order valence-electron chi connectivity index (χ3n) is 4.84. The smallest absolute Gasteiger partial charge is 0.253 e. The molecule has 1 aromatic carbocycles. The third kappa shape index (κ3) is 1.60. The average molecular weight is 257 g/mol. The van der Waals surface area contributed by atoms with E-state index in [1.54, 1.807) is 0 Å². The molecule has 3 heteroatoms. The van der Waals surface area contributed by atoms with Gasteiger partial charge in [0, 0.05) is 35.0 Å². The molecule has 2 aliphatic heterocycles. The number of ether oxygens (including phenoxy) is 1. The quantitative estimate of drug-likeness (QED) is 0.774. The minimum Gasteiger partial charge on any atom is -0.492 e. The van der Waals surface area contributed by atoms with Crippen LogP contribution in [0.5, 0.6) is 5.75 Å². The van der Waals surface area contributed by atoms with Crippen molar-refractivity contribution < 1.29 is 9.53 Å². The maximum atomic E-state index is 12.4. The summed E-state index contributed by atoms with van der Waals surface area (Å²) in [5, 5.41) is 0. The predicted octanol–water partition coefficient (Wildman–Crippen LogP) is 2.59. The van der Waals surface area contributed by atoms with Crippen LogP contribution < -0.4 is 4.74 Å². The molecule has 1 aliphatic carbocycles. The molecule has 0 bridgehead atoms. The fourth-order valence-electron chi connectivity index (χ4n) is 3.24. The number of benzene rings is 1. The zero-order valence-electron chi connectivity index (χ0n) is 11.5. The third-order valence-corrected chi connectivity index (χ3v) is 4.84. The maximum absolute atomic E-state index is 12.4. The molecule has 1 saturated carbocycles. The van der Waals surface area contributed by atoms with Crippen molar-refractivity contribution in [3.05, 3.63) is 29.3 Å². The van der Waals surface area contributed by atoms with Gasteiger partial charge in [0.2, 0.25) is 0 Å². The Morgan fingerprint density at radius 2 is 2.00 bits per heavy atom. The first kappa shape index (κ1) is 11.3. The van der Waals surface area contributed by atoms with E-state index >= 15 is 0 Å². The van der Waals surface area contributed by atoms with E-state index in [9.17, 15) is 4.79 Å². The number of carbonyl (C=O) groups is 1. The Bertz CT molecular complexity index is 564. The normalized spacial score (nSPS) is 24.6. The topological polar surface area (TPSA) is 29.5 Å². The summed E-state index contributed by atoms with van der Waals surface area (Å²) in [6.07, 6.45) is 2.61. The van der Waals surface area contributed by atoms with Crippen molar-refractivity contribution in [3.8, 4) is 5.75 Å². The van der Waals surface area contributed by atoms with E-state index in [4.69, 9.17) is 4.74 Å². The monoisotopic (exact) mass is 257 g/mol. The Kier molecular flexibility index (Phi) is 1.98. The van der Waals surface area contributed by atoms with E-state index < -0.39 is 0 Å². The zero-order valence-corrected chi connectivity index (χ0v) is 11.5. The highest BCUT2D eigenvalue weighted by atomic mass is 16.5. The number of hydrogen-bond donors (Lipinski definition) is 0. The Balaban J connectivity index is 1.60. The Labute approximate surface area is 113 Å². The summed E-state index contributed by atoms with van der Waals surface area (Å²) in [5.41, 5.74) is 2.51. The van der Waals surface area contributed by atoms with E-state index in [-0.39, 0.29) is 11.3 Å². The lowest BCUT2D eigenvalue weighted by Gasteiger charge is -2.40. The fraction of sp³-hybridized carbons (Fsp3) is 0.562. The molecule has 1 aromatic rings.